The molecule has 0 aromatic heterocycles. The standard InChI is InChI=1S/C24H33N5O7S/c25-15-10-8-14(9-11-15)21(31)27-16(22(32)33)5-3-4-12-26-19(30)7-2-1-6-18-20-17(13-37-18)29(24(35)36)23(34)28-20/h8-11,16-18,20H,1-7,12-13,25H2,(H,26,30)(H,27,31)(H,28,34)(H,32,33)(H,35,36)/t16?,17-,18?,20-/m0/s1. The van der Waals surface area contributed by atoms with Gasteiger partial charge in [0.15, 0.2) is 0 Å². The molecule has 0 saturated carbocycles. The monoisotopic (exact) mass is 535 g/mol. The Bertz CT molecular complexity index is 1010. The quantitative estimate of drug-likeness (QED) is 0.124. The van der Waals surface area contributed by atoms with Crippen molar-refractivity contribution in [2.75, 3.05) is 18.0 Å². The van der Waals surface area contributed by atoms with Gasteiger partial charge < -0.3 is 31.9 Å². The number of hydrogen-bond donors (Lipinski definition) is 6. The zero-order chi connectivity index (χ0) is 26.9. The van der Waals surface area contributed by atoms with Crippen LogP contribution in [-0.4, -0.2) is 80.7 Å². The second-order valence-corrected chi connectivity index (χ2v) is 10.4. The van der Waals surface area contributed by atoms with Gasteiger partial charge in [0.1, 0.15) is 6.04 Å². The van der Waals surface area contributed by atoms with E-state index in [1.165, 1.54) is 12.1 Å². The number of fused-ring (bicyclic) bond motifs is 1. The zero-order valence-electron chi connectivity index (χ0n) is 20.4. The highest BCUT2D eigenvalue weighted by molar-refractivity contribution is 8.00. The molecule has 0 bridgehead atoms. The summed E-state index contributed by atoms with van der Waals surface area (Å²) in [5, 5.41) is 26.8. The first-order valence-electron chi connectivity index (χ1n) is 12.3. The average Bonchev–Trinajstić information content (AvgIpc) is 3.38. The zero-order valence-corrected chi connectivity index (χ0v) is 21.2. The van der Waals surface area contributed by atoms with E-state index < -0.39 is 30.0 Å². The molecule has 13 heteroatoms. The van der Waals surface area contributed by atoms with E-state index in [4.69, 9.17) is 5.73 Å². The molecule has 2 fully saturated rings. The van der Waals surface area contributed by atoms with Crippen molar-refractivity contribution in [3.63, 3.8) is 0 Å². The van der Waals surface area contributed by atoms with Gasteiger partial charge in [-0.05, 0) is 56.4 Å². The SMILES string of the molecule is Nc1ccc(C(=O)NC(CCCCNC(=O)CCCCC2SC[C@H]3[C@@H]2NC(=O)N3C(=O)O)C(=O)O)cc1. The van der Waals surface area contributed by atoms with Crippen LogP contribution < -0.4 is 21.7 Å². The predicted molar refractivity (Wildman–Crippen MR) is 137 cm³/mol. The first kappa shape index (κ1) is 28.1. The molecule has 1 aromatic rings. The van der Waals surface area contributed by atoms with Gasteiger partial charge in [0.05, 0.1) is 12.1 Å². The van der Waals surface area contributed by atoms with Gasteiger partial charge in [0.2, 0.25) is 5.91 Å². The van der Waals surface area contributed by atoms with Crippen LogP contribution in [0.2, 0.25) is 0 Å². The number of anilines is 1. The molecule has 0 radical (unpaired) electrons. The molecule has 5 amide bonds. The largest absolute Gasteiger partial charge is 0.480 e. The number of carbonyl (C=O) groups excluding carboxylic acids is 3. The lowest BCUT2D eigenvalue weighted by atomic mass is 10.0. The summed E-state index contributed by atoms with van der Waals surface area (Å²) in [4.78, 5) is 59.8. The van der Waals surface area contributed by atoms with Gasteiger partial charge >= 0.3 is 18.1 Å². The first-order chi connectivity index (χ1) is 17.7. The number of nitrogens with two attached hydrogens (primary N) is 1. The second kappa shape index (κ2) is 13.2. The van der Waals surface area contributed by atoms with Crippen molar-refractivity contribution in [2.45, 2.75) is 68.3 Å². The van der Waals surface area contributed by atoms with Crippen molar-refractivity contribution >= 4 is 47.4 Å². The van der Waals surface area contributed by atoms with Crippen LogP contribution >= 0.6 is 11.8 Å². The molecular weight excluding hydrogens is 502 g/mol. The Morgan fingerprint density at radius 2 is 1.84 bits per heavy atom. The summed E-state index contributed by atoms with van der Waals surface area (Å²) in [5.74, 6) is -1.11. The fourth-order valence-electron chi connectivity index (χ4n) is 4.51. The number of rotatable bonds is 13. The van der Waals surface area contributed by atoms with Gasteiger partial charge in [-0.15, -0.1) is 0 Å². The highest BCUT2D eigenvalue weighted by atomic mass is 32.2. The Morgan fingerprint density at radius 1 is 1.11 bits per heavy atom. The highest BCUT2D eigenvalue weighted by Gasteiger charge is 2.50. The number of thioether (sulfide) groups is 1. The fraction of sp³-hybridized carbons (Fsp3) is 0.542. The summed E-state index contributed by atoms with van der Waals surface area (Å²) in [7, 11) is 0. The van der Waals surface area contributed by atoms with Crippen LogP contribution in [0.1, 0.15) is 55.3 Å². The molecule has 0 aliphatic carbocycles. The number of carboxylic acids is 1. The van der Waals surface area contributed by atoms with E-state index in [-0.39, 0.29) is 29.7 Å². The van der Waals surface area contributed by atoms with Crippen LogP contribution in [0.3, 0.4) is 0 Å². The first-order valence-corrected chi connectivity index (χ1v) is 13.3. The minimum atomic E-state index is -1.23. The summed E-state index contributed by atoms with van der Waals surface area (Å²) < 4.78 is 0. The maximum absolute atomic E-state index is 12.3. The van der Waals surface area contributed by atoms with Gasteiger partial charge in [0, 0.05) is 35.2 Å². The number of urea groups is 1. The Morgan fingerprint density at radius 3 is 2.51 bits per heavy atom. The predicted octanol–water partition coefficient (Wildman–Crippen LogP) is 1.85. The van der Waals surface area contributed by atoms with Crippen molar-refractivity contribution in [1.82, 2.24) is 20.9 Å². The van der Waals surface area contributed by atoms with Crippen LogP contribution in [-0.2, 0) is 9.59 Å². The van der Waals surface area contributed by atoms with Gasteiger partial charge in [0.25, 0.3) is 5.91 Å². The minimum absolute atomic E-state index is 0.0883. The number of unbranched alkanes of at least 4 members (excludes halogenated alkanes) is 2. The minimum Gasteiger partial charge on any atom is -0.480 e. The lowest BCUT2D eigenvalue weighted by Gasteiger charge is -2.17. The molecule has 0 spiro atoms. The molecule has 3 rings (SSSR count). The third-order valence-electron chi connectivity index (χ3n) is 6.50. The van der Waals surface area contributed by atoms with E-state index in [1.807, 2.05) is 0 Å². The molecule has 2 heterocycles. The molecule has 202 valence electrons. The van der Waals surface area contributed by atoms with Gasteiger partial charge in [-0.3, -0.25) is 9.59 Å². The number of carboxylic acid groups (broad SMARTS) is 2. The van der Waals surface area contributed by atoms with Gasteiger partial charge in [-0.2, -0.15) is 11.8 Å². The molecule has 4 atom stereocenters. The van der Waals surface area contributed by atoms with Crippen molar-refractivity contribution in [3.05, 3.63) is 29.8 Å². The van der Waals surface area contributed by atoms with E-state index in [9.17, 15) is 34.2 Å². The van der Waals surface area contributed by atoms with Crippen molar-refractivity contribution in [2.24, 2.45) is 0 Å². The highest BCUT2D eigenvalue weighted by Crippen LogP contribution is 2.37. The van der Waals surface area contributed by atoms with Crippen LogP contribution in [0.5, 0.6) is 0 Å². The molecule has 1 aromatic carbocycles. The third kappa shape index (κ3) is 7.75. The molecule has 2 unspecified atom stereocenters. The summed E-state index contributed by atoms with van der Waals surface area (Å²) in [6.45, 7) is 0.413. The summed E-state index contributed by atoms with van der Waals surface area (Å²) in [5.41, 5.74) is 6.43. The van der Waals surface area contributed by atoms with Crippen LogP contribution in [0.15, 0.2) is 24.3 Å². The number of nitrogens with zero attached hydrogens (tertiary/aromatic N) is 1. The number of imide groups is 1. The number of nitrogen functional groups attached to an aromatic ring is 1. The van der Waals surface area contributed by atoms with Crippen LogP contribution in [0, 0.1) is 0 Å². The fourth-order valence-corrected chi connectivity index (χ4v) is 6.10. The second-order valence-electron chi connectivity index (χ2n) is 9.14. The van der Waals surface area contributed by atoms with Crippen LogP contribution in [0.4, 0.5) is 15.3 Å². The van der Waals surface area contributed by atoms with Crippen LogP contribution in [0.25, 0.3) is 0 Å². The van der Waals surface area contributed by atoms with E-state index in [0.29, 0.717) is 49.2 Å². The van der Waals surface area contributed by atoms with Crippen molar-refractivity contribution in [3.8, 4) is 0 Å². The van der Waals surface area contributed by atoms with Gasteiger partial charge in [-0.1, -0.05) is 6.42 Å². The van der Waals surface area contributed by atoms with Gasteiger partial charge in [-0.25, -0.2) is 19.3 Å². The van der Waals surface area contributed by atoms with E-state index in [1.54, 1.807) is 23.9 Å². The molecule has 2 aliphatic heterocycles. The Labute approximate surface area is 218 Å². The number of carbonyl (C=O) groups is 5. The third-order valence-corrected chi connectivity index (χ3v) is 7.99. The lowest BCUT2D eigenvalue weighted by molar-refractivity contribution is -0.139. The molecule has 7 N–H and O–H groups in total. The van der Waals surface area contributed by atoms with Crippen molar-refractivity contribution in [1.29, 1.82) is 0 Å². The molecule has 37 heavy (non-hydrogen) atoms. The molecule has 2 saturated heterocycles. The maximum atomic E-state index is 12.3. The van der Waals surface area contributed by atoms with E-state index in [0.717, 1.165) is 17.7 Å². The number of benzene rings is 1. The Balaban J connectivity index is 1.26. The van der Waals surface area contributed by atoms with E-state index in [2.05, 4.69) is 16.0 Å². The maximum Gasteiger partial charge on any atom is 0.415 e. The molecular formula is C24H33N5O7S. The summed E-state index contributed by atoms with van der Waals surface area (Å²) in [6, 6.07) is 4.08. The summed E-state index contributed by atoms with van der Waals surface area (Å²) in [6.07, 6.45) is 2.70. The lowest BCUT2D eigenvalue weighted by Crippen LogP contribution is -2.40. The number of amides is 5. The number of hydrogen-bond acceptors (Lipinski definition) is 7. The molecule has 12 nitrogen and oxygen atoms in total. The number of aliphatic carboxylic acids is 1. The normalized spacial score (nSPS) is 21.1. The van der Waals surface area contributed by atoms with Crippen molar-refractivity contribution < 1.29 is 34.2 Å². The Kier molecular flexibility index (Phi) is 10.0. The summed E-state index contributed by atoms with van der Waals surface area (Å²) >= 11 is 1.65. The van der Waals surface area contributed by atoms with E-state index >= 15 is 0 Å². The Hall–Kier alpha value is -3.48. The smallest absolute Gasteiger partial charge is 0.415 e. The topological polar surface area (TPSA) is 191 Å². The number of nitrogens with one attached hydrogen (secondary N) is 3. The molecule has 2 aliphatic rings. The average molecular weight is 536 g/mol.